The van der Waals surface area contributed by atoms with Crippen LogP contribution in [0, 0.1) is 0 Å². The van der Waals surface area contributed by atoms with E-state index in [-0.39, 0.29) is 18.1 Å². The van der Waals surface area contributed by atoms with E-state index in [4.69, 9.17) is 9.94 Å². The minimum Gasteiger partial charge on any atom is -0.411 e. The summed E-state index contributed by atoms with van der Waals surface area (Å²) in [5.74, 6) is -0.0726. The third kappa shape index (κ3) is 3.82. The predicted octanol–water partition coefficient (Wildman–Crippen LogP) is 2.81. The van der Waals surface area contributed by atoms with Gasteiger partial charge in [0.1, 0.15) is 6.61 Å². The fraction of sp³-hybridized carbons (Fsp3) is 0.500. The molecule has 1 heterocycles. The van der Waals surface area contributed by atoms with Crippen LogP contribution in [0.2, 0.25) is 0 Å². The molecule has 5 nitrogen and oxygen atoms in total. The van der Waals surface area contributed by atoms with E-state index in [0.29, 0.717) is 18.7 Å². The maximum Gasteiger partial charge on any atom is 0.253 e. The fourth-order valence-electron chi connectivity index (χ4n) is 2.33. The number of oxime groups is 1. The van der Waals surface area contributed by atoms with Crippen LogP contribution in [0.15, 0.2) is 29.4 Å². The summed E-state index contributed by atoms with van der Waals surface area (Å²) < 4.78 is 5.58. The van der Waals surface area contributed by atoms with Crippen LogP contribution in [0.5, 0.6) is 0 Å². The van der Waals surface area contributed by atoms with Gasteiger partial charge < -0.3 is 14.8 Å². The van der Waals surface area contributed by atoms with Gasteiger partial charge in [0.05, 0.1) is 17.0 Å². The van der Waals surface area contributed by atoms with Gasteiger partial charge in [-0.25, -0.2) is 0 Å². The van der Waals surface area contributed by atoms with E-state index >= 15 is 0 Å². The van der Waals surface area contributed by atoms with Gasteiger partial charge in [-0.1, -0.05) is 23.4 Å². The van der Waals surface area contributed by atoms with Crippen molar-refractivity contribution < 1.29 is 14.7 Å². The number of anilines is 1. The van der Waals surface area contributed by atoms with Crippen LogP contribution in [0.3, 0.4) is 0 Å². The molecule has 0 spiro atoms. The molecule has 1 N–H and O–H groups in total. The highest BCUT2D eigenvalue weighted by Gasteiger charge is 2.25. The zero-order chi connectivity index (χ0) is 15.5. The van der Waals surface area contributed by atoms with E-state index < -0.39 is 0 Å². The lowest BCUT2D eigenvalue weighted by Gasteiger charge is -2.25. The summed E-state index contributed by atoms with van der Waals surface area (Å²) in [5, 5.41) is 12.5. The molecule has 114 valence electrons. The van der Waals surface area contributed by atoms with Gasteiger partial charge >= 0.3 is 0 Å². The molecule has 0 unspecified atom stereocenters. The first-order chi connectivity index (χ1) is 9.92. The van der Waals surface area contributed by atoms with E-state index in [1.165, 1.54) is 0 Å². The van der Waals surface area contributed by atoms with E-state index in [2.05, 4.69) is 5.16 Å². The van der Waals surface area contributed by atoms with Gasteiger partial charge in [-0.05, 0) is 39.7 Å². The molecule has 0 saturated carbocycles. The van der Waals surface area contributed by atoms with Gasteiger partial charge in [-0.15, -0.1) is 0 Å². The summed E-state index contributed by atoms with van der Waals surface area (Å²) in [5.41, 5.74) is 1.86. The number of nitrogens with zero attached hydrogens (tertiary/aromatic N) is 2. The molecule has 1 aliphatic heterocycles. The van der Waals surface area contributed by atoms with Crippen LogP contribution in [-0.2, 0) is 9.53 Å². The lowest BCUT2D eigenvalue weighted by molar-refractivity contribution is -0.127. The van der Waals surface area contributed by atoms with E-state index in [1.807, 2.05) is 45.0 Å². The summed E-state index contributed by atoms with van der Waals surface area (Å²) in [6, 6.07) is 7.51. The molecule has 1 aromatic carbocycles. The maximum atomic E-state index is 12.5. The Balaban J connectivity index is 2.26. The quantitative estimate of drug-likeness (QED) is 0.673. The number of ether oxygens (including phenoxy) is 1. The van der Waals surface area contributed by atoms with Gasteiger partial charge in [-0.2, -0.15) is 0 Å². The van der Waals surface area contributed by atoms with Crippen molar-refractivity contribution in [3.63, 3.8) is 0 Å². The van der Waals surface area contributed by atoms with Crippen molar-refractivity contribution in [3.8, 4) is 0 Å². The Morgan fingerprint density at radius 1 is 1.38 bits per heavy atom. The number of carbonyl (C=O) groups is 1. The first-order valence-electron chi connectivity index (χ1n) is 7.17. The van der Waals surface area contributed by atoms with Crippen molar-refractivity contribution in [2.75, 3.05) is 18.1 Å². The highest BCUT2D eigenvalue weighted by molar-refractivity contribution is 6.09. The number of hydrogen-bond acceptors (Lipinski definition) is 4. The molecule has 5 heteroatoms. The maximum absolute atomic E-state index is 12.5. The van der Waals surface area contributed by atoms with Gasteiger partial charge in [0.2, 0.25) is 0 Å². The molecular weight excluding hydrogens is 268 g/mol. The van der Waals surface area contributed by atoms with Crippen LogP contribution in [0.1, 0.15) is 39.2 Å². The zero-order valence-electron chi connectivity index (χ0n) is 12.8. The van der Waals surface area contributed by atoms with Crippen molar-refractivity contribution in [1.82, 2.24) is 0 Å². The average molecular weight is 290 g/mol. The lowest BCUT2D eigenvalue weighted by atomic mass is 10.1. The Hall–Kier alpha value is -1.88. The molecule has 0 radical (unpaired) electrons. The standard InChI is InChI=1S/C16H22N2O3/c1-16(2,3)21-11-15(19)18-10-6-8-13(17-20)12-7-4-5-9-14(12)18/h4-5,7,9,20H,6,8,10-11H2,1-3H3/b17-13-. The molecular formula is C16H22N2O3. The summed E-state index contributed by atoms with van der Waals surface area (Å²) in [6.45, 7) is 6.42. The number of rotatable bonds is 2. The third-order valence-corrected chi connectivity index (χ3v) is 3.35. The lowest BCUT2D eigenvalue weighted by Crippen LogP contribution is -2.37. The summed E-state index contributed by atoms with van der Waals surface area (Å²) in [4.78, 5) is 14.2. The number of amides is 1. The molecule has 1 amide bonds. The smallest absolute Gasteiger partial charge is 0.253 e. The Kier molecular flexibility index (Phi) is 4.63. The monoisotopic (exact) mass is 290 g/mol. The van der Waals surface area contributed by atoms with Crippen molar-refractivity contribution >= 4 is 17.3 Å². The second kappa shape index (κ2) is 6.26. The molecule has 1 aromatic rings. The third-order valence-electron chi connectivity index (χ3n) is 3.35. The van der Waals surface area contributed by atoms with Crippen LogP contribution in [0.25, 0.3) is 0 Å². The normalized spacial score (nSPS) is 17.5. The number of hydrogen-bond donors (Lipinski definition) is 1. The first-order valence-corrected chi connectivity index (χ1v) is 7.17. The molecule has 0 aliphatic carbocycles. The summed E-state index contributed by atoms with van der Waals surface area (Å²) in [7, 11) is 0. The second-order valence-electron chi connectivity index (χ2n) is 6.11. The highest BCUT2D eigenvalue weighted by Crippen LogP contribution is 2.27. The minimum atomic E-state index is -0.348. The predicted molar refractivity (Wildman–Crippen MR) is 82.1 cm³/mol. The molecule has 0 saturated heterocycles. The van der Waals surface area contributed by atoms with Crippen molar-refractivity contribution in [2.24, 2.45) is 5.16 Å². The Labute approximate surface area is 125 Å². The minimum absolute atomic E-state index is 0.0451. The summed E-state index contributed by atoms with van der Waals surface area (Å²) >= 11 is 0. The average Bonchev–Trinajstić information content (AvgIpc) is 2.63. The second-order valence-corrected chi connectivity index (χ2v) is 6.11. The SMILES string of the molecule is CC(C)(C)OCC(=O)N1CCC/C(=N/O)c2ccccc21. The molecule has 0 bridgehead atoms. The molecule has 1 aliphatic rings. The van der Waals surface area contributed by atoms with Gasteiger partial charge in [0, 0.05) is 12.1 Å². The number of carbonyl (C=O) groups excluding carboxylic acids is 1. The van der Waals surface area contributed by atoms with Crippen molar-refractivity contribution in [2.45, 2.75) is 39.2 Å². The Morgan fingerprint density at radius 2 is 2.10 bits per heavy atom. The topological polar surface area (TPSA) is 62.1 Å². The molecule has 0 atom stereocenters. The highest BCUT2D eigenvalue weighted by atomic mass is 16.5. The largest absolute Gasteiger partial charge is 0.411 e. The van der Waals surface area contributed by atoms with E-state index in [9.17, 15) is 4.79 Å². The first kappa shape index (κ1) is 15.5. The van der Waals surface area contributed by atoms with E-state index in [1.54, 1.807) is 4.90 Å². The van der Waals surface area contributed by atoms with Crippen molar-refractivity contribution in [3.05, 3.63) is 29.8 Å². The molecule has 2 rings (SSSR count). The fourth-order valence-corrected chi connectivity index (χ4v) is 2.33. The number of benzene rings is 1. The van der Waals surface area contributed by atoms with E-state index in [0.717, 1.165) is 17.7 Å². The Morgan fingerprint density at radius 3 is 2.76 bits per heavy atom. The van der Waals surface area contributed by atoms with Gasteiger partial charge in [0.15, 0.2) is 0 Å². The molecule has 21 heavy (non-hydrogen) atoms. The van der Waals surface area contributed by atoms with Gasteiger partial charge in [-0.3, -0.25) is 4.79 Å². The van der Waals surface area contributed by atoms with Gasteiger partial charge in [0.25, 0.3) is 5.91 Å². The van der Waals surface area contributed by atoms with Crippen LogP contribution >= 0.6 is 0 Å². The number of fused-ring (bicyclic) bond motifs is 1. The zero-order valence-corrected chi connectivity index (χ0v) is 12.8. The number of para-hydroxylation sites is 1. The molecule has 0 fully saturated rings. The summed E-state index contributed by atoms with van der Waals surface area (Å²) in [6.07, 6.45) is 1.41. The van der Waals surface area contributed by atoms with Crippen LogP contribution < -0.4 is 4.90 Å². The van der Waals surface area contributed by atoms with Crippen molar-refractivity contribution in [1.29, 1.82) is 0 Å². The van der Waals surface area contributed by atoms with Crippen LogP contribution in [-0.4, -0.2) is 35.6 Å². The molecule has 0 aromatic heterocycles. The van der Waals surface area contributed by atoms with Crippen LogP contribution in [0.4, 0.5) is 5.69 Å². The Bertz CT molecular complexity index is 547.